The average Bonchev–Trinajstić information content (AvgIpc) is 2.43. The number of benzene rings is 1. The molecule has 0 unspecified atom stereocenters. The van der Waals surface area contributed by atoms with Crippen LogP contribution in [0.3, 0.4) is 0 Å². The maximum atomic E-state index is 11.0. The molecule has 0 fully saturated rings. The lowest BCUT2D eigenvalue weighted by Gasteiger charge is -1.94. The molecule has 14 heavy (non-hydrogen) atoms. The van der Waals surface area contributed by atoms with Gasteiger partial charge in [0.15, 0.2) is 0 Å². The molecular weight excluding hydrogens is 178 g/mol. The quantitative estimate of drug-likeness (QED) is 0.747. The molecule has 72 valence electrons. The molecule has 0 radical (unpaired) electrons. The second-order valence-corrected chi connectivity index (χ2v) is 3.36. The fourth-order valence-corrected chi connectivity index (χ4v) is 1.50. The molecule has 0 aliphatic carbocycles. The van der Waals surface area contributed by atoms with Gasteiger partial charge in [0.05, 0.1) is 0 Å². The number of amides is 1. The van der Waals surface area contributed by atoms with Crippen LogP contribution in [0.1, 0.15) is 21.7 Å². The van der Waals surface area contributed by atoms with Crippen LogP contribution >= 0.6 is 0 Å². The number of fused-ring (bicyclic) bond motifs is 1. The van der Waals surface area contributed by atoms with Crippen molar-refractivity contribution in [2.75, 3.05) is 0 Å². The van der Waals surface area contributed by atoms with Crippen LogP contribution in [-0.2, 0) is 0 Å². The van der Waals surface area contributed by atoms with Gasteiger partial charge in [0.25, 0.3) is 0 Å². The Bertz CT molecular complexity index is 511. The van der Waals surface area contributed by atoms with Crippen molar-refractivity contribution >= 4 is 16.9 Å². The SMILES string of the molecule is Cc1oc2ccc(C(N)=O)cc2c1C. The topological polar surface area (TPSA) is 56.2 Å². The van der Waals surface area contributed by atoms with E-state index in [9.17, 15) is 4.79 Å². The number of hydrogen-bond acceptors (Lipinski definition) is 2. The van der Waals surface area contributed by atoms with Crippen molar-refractivity contribution in [3.63, 3.8) is 0 Å². The normalized spacial score (nSPS) is 10.7. The Morgan fingerprint density at radius 1 is 1.36 bits per heavy atom. The molecule has 0 bridgehead atoms. The average molecular weight is 189 g/mol. The van der Waals surface area contributed by atoms with Gasteiger partial charge in [-0.3, -0.25) is 4.79 Å². The Balaban J connectivity index is 2.76. The first kappa shape index (κ1) is 8.81. The second kappa shape index (κ2) is 2.87. The highest BCUT2D eigenvalue weighted by Gasteiger charge is 2.08. The van der Waals surface area contributed by atoms with Crippen LogP contribution in [0, 0.1) is 13.8 Å². The zero-order valence-corrected chi connectivity index (χ0v) is 8.13. The third-order valence-corrected chi connectivity index (χ3v) is 2.46. The van der Waals surface area contributed by atoms with Gasteiger partial charge in [-0.1, -0.05) is 0 Å². The number of carbonyl (C=O) groups is 1. The van der Waals surface area contributed by atoms with E-state index in [4.69, 9.17) is 10.2 Å². The maximum Gasteiger partial charge on any atom is 0.248 e. The second-order valence-electron chi connectivity index (χ2n) is 3.36. The highest BCUT2D eigenvalue weighted by atomic mass is 16.3. The lowest BCUT2D eigenvalue weighted by molar-refractivity contribution is 0.100. The molecule has 1 heterocycles. The van der Waals surface area contributed by atoms with E-state index >= 15 is 0 Å². The van der Waals surface area contributed by atoms with E-state index in [1.165, 1.54) is 0 Å². The van der Waals surface area contributed by atoms with Crippen molar-refractivity contribution in [2.45, 2.75) is 13.8 Å². The molecule has 1 amide bonds. The third kappa shape index (κ3) is 1.18. The van der Waals surface area contributed by atoms with E-state index in [2.05, 4.69) is 0 Å². The fraction of sp³-hybridized carbons (Fsp3) is 0.182. The predicted molar refractivity (Wildman–Crippen MR) is 54.2 cm³/mol. The van der Waals surface area contributed by atoms with Crippen LogP contribution < -0.4 is 5.73 Å². The van der Waals surface area contributed by atoms with Crippen molar-refractivity contribution in [3.05, 3.63) is 35.1 Å². The van der Waals surface area contributed by atoms with Crippen molar-refractivity contribution in [1.82, 2.24) is 0 Å². The lowest BCUT2D eigenvalue weighted by Crippen LogP contribution is -2.10. The lowest BCUT2D eigenvalue weighted by atomic mass is 10.1. The number of nitrogens with two attached hydrogens (primary N) is 1. The van der Waals surface area contributed by atoms with Gasteiger partial charge in [-0.15, -0.1) is 0 Å². The van der Waals surface area contributed by atoms with Gasteiger partial charge in [0.1, 0.15) is 11.3 Å². The van der Waals surface area contributed by atoms with Crippen LogP contribution in [0.15, 0.2) is 22.6 Å². The Morgan fingerprint density at radius 3 is 2.71 bits per heavy atom. The number of rotatable bonds is 1. The molecule has 2 aromatic rings. The Morgan fingerprint density at radius 2 is 2.07 bits per heavy atom. The number of primary amides is 1. The first-order chi connectivity index (χ1) is 6.59. The third-order valence-electron chi connectivity index (χ3n) is 2.46. The van der Waals surface area contributed by atoms with Gasteiger partial charge < -0.3 is 10.2 Å². The van der Waals surface area contributed by atoms with Crippen LogP contribution in [0.4, 0.5) is 0 Å². The molecule has 2 N–H and O–H groups in total. The highest BCUT2D eigenvalue weighted by molar-refractivity contribution is 5.97. The summed E-state index contributed by atoms with van der Waals surface area (Å²) in [4.78, 5) is 11.0. The van der Waals surface area contributed by atoms with Gasteiger partial charge in [0.2, 0.25) is 5.91 Å². The Kier molecular flexibility index (Phi) is 1.81. The number of hydrogen-bond donors (Lipinski definition) is 1. The number of furan rings is 1. The fourth-order valence-electron chi connectivity index (χ4n) is 1.50. The summed E-state index contributed by atoms with van der Waals surface area (Å²) in [6.45, 7) is 3.87. The van der Waals surface area contributed by atoms with E-state index in [0.29, 0.717) is 5.56 Å². The molecule has 0 atom stereocenters. The highest BCUT2D eigenvalue weighted by Crippen LogP contribution is 2.25. The smallest absolute Gasteiger partial charge is 0.248 e. The molecule has 1 aromatic carbocycles. The Labute approximate surface area is 81.5 Å². The minimum absolute atomic E-state index is 0.412. The molecule has 0 spiro atoms. The summed E-state index contributed by atoms with van der Waals surface area (Å²) in [6, 6.07) is 5.21. The maximum absolute atomic E-state index is 11.0. The minimum atomic E-state index is -0.412. The van der Waals surface area contributed by atoms with Gasteiger partial charge >= 0.3 is 0 Å². The van der Waals surface area contributed by atoms with Gasteiger partial charge in [-0.25, -0.2) is 0 Å². The molecule has 0 saturated heterocycles. The summed E-state index contributed by atoms with van der Waals surface area (Å²) >= 11 is 0. The van der Waals surface area contributed by atoms with Crippen molar-refractivity contribution < 1.29 is 9.21 Å². The van der Waals surface area contributed by atoms with E-state index < -0.39 is 5.91 Å². The van der Waals surface area contributed by atoms with Crippen molar-refractivity contribution in [3.8, 4) is 0 Å². The number of aryl methyl sites for hydroxylation is 2. The summed E-state index contributed by atoms with van der Waals surface area (Å²) in [5, 5.41) is 0.957. The van der Waals surface area contributed by atoms with E-state index in [1.807, 2.05) is 13.8 Å². The summed E-state index contributed by atoms with van der Waals surface area (Å²) in [7, 11) is 0. The van der Waals surface area contributed by atoms with E-state index in [-0.39, 0.29) is 0 Å². The molecule has 0 aliphatic heterocycles. The molecule has 1 aromatic heterocycles. The van der Waals surface area contributed by atoms with Crippen LogP contribution in [0.25, 0.3) is 11.0 Å². The van der Waals surface area contributed by atoms with Crippen LogP contribution in [0.5, 0.6) is 0 Å². The molecule has 2 rings (SSSR count). The number of carbonyl (C=O) groups excluding carboxylic acids is 1. The summed E-state index contributed by atoms with van der Waals surface area (Å²) < 4.78 is 5.48. The standard InChI is InChI=1S/C11H11NO2/c1-6-7(2)14-10-4-3-8(11(12)13)5-9(6)10/h3-5H,1-2H3,(H2,12,13). The van der Waals surface area contributed by atoms with Crippen LogP contribution in [-0.4, -0.2) is 5.91 Å². The van der Waals surface area contributed by atoms with Gasteiger partial charge in [-0.05, 0) is 37.6 Å². The van der Waals surface area contributed by atoms with Gasteiger partial charge in [0, 0.05) is 10.9 Å². The monoisotopic (exact) mass is 189 g/mol. The van der Waals surface area contributed by atoms with E-state index in [0.717, 1.165) is 22.3 Å². The van der Waals surface area contributed by atoms with Crippen molar-refractivity contribution in [1.29, 1.82) is 0 Å². The summed E-state index contributed by atoms with van der Waals surface area (Å²) in [6.07, 6.45) is 0. The molecule has 3 nitrogen and oxygen atoms in total. The van der Waals surface area contributed by atoms with Crippen molar-refractivity contribution in [2.24, 2.45) is 5.73 Å². The molecule has 0 saturated carbocycles. The zero-order valence-electron chi connectivity index (χ0n) is 8.13. The largest absolute Gasteiger partial charge is 0.461 e. The summed E-state index contributed by atoms with van der Waals surface area (Å²) in [5.74, 6) is 0.465. The molecule has 3 heteroatoms. The van der Waals surface area contributed by atoms with Crippen LogP contribution in [0.2, 0.25) is 0 Å². The molecular formula is C11H11NO2. The first-order valence-electron chi connectivity index (χ1n) is 4.39. The first-order valence-corrected chi connectivity index (χ1v) is 4.39. The molecule has 0 aliphatic rings. The van der Waals surface area contributed by atoms with E-state index in [1.54, 1.807) is 18.2 Å². The van der Waals surface area contributed by atoms with Gasteiger partial charge in [-0.2, -0.15) is 0 Å². The Hall–Kier alpha value is -1.77. The zero-order chi connectivity index (χ0) is 10.3. The predicted octanol–water partition coefficient (Wildman–Crippen LogP) is 2.15. The summed E-state index contributed by atoms with van der Waals surface area (Å²) in [5.41, 5.74) is 7.56. The minimum Gasteiger partial charge on any atom is -0.461 e.